The molecule has 1 fully saturated rings. The topological polar surface area (TPSA) is 46.5 Å². The summed E-state index contributed by atoms with van der Waals surface area (Å²) in [5.41, 5.74) is -0.407. The fourth-order valence-corrected chi connectivity index (χ4v) is 1.45. The molecule has 64 valence electrons. The Hall–Kier alpha value is -0.570. The van der Waals surface area contributed by atoms with Gasteiger partial charge in [-0.25, -0.2) is 0 Å². The number of ether oxygens (including phenoxy) is 1. The Morgan fingerprint density at radius 1 is 1.73 bits per heavy atom. The van der Waals surface area contributed by atoms with Crippen molar-refractivity contribution in [1.82, 2.24) is 0 Å². The number of carbonyl (C=O) groups is 1. The van der Waals surface area contributed by atoms with Gasteiger partial charge in [0.05, 0.1) is 18.1 Å². The standard InChI is InChI=1S/C8H14O3/c1-3-11-7(10)8(2)4-6(9)5-8/h6,9H,3-5H2,1-2H3/t6-,8+. The number of carbonyl (C=O) groups excluding carboxylic acids is 1. The lowest BCUT2D eigenvalue weighted by atomic mass is 9.68. The lowest BCUT2D eigenvalue weighted by Crippen LogP contribution is -2.45. The minimum atomic E-state index is -0.407. The minimum absolute atomic E-state index is 0.176. The summed E-state index contributed by atoms with van der Waals surface area (Å²) in [6.07, 6.45) is 0.793. The maximum absolute atomic E-state index is 11.2. The molecule has 11 heavy (non-hydrogen) atoms. The third kappa shape index (κ3) is 1.53. The first-order valence-electron chi connectivity index (χ1n) is 3.94. The quantitative estimate of drug-likeness (QED) is 0.602. The van der Waals surface area contributed by atoms with E-state index in [1.807, 2.05) is 6.92 Å². The highest BCUT2D eigenvalue weighted by atomic mass is 16.5. The molecule has 0 aromatic heterocycles. The molecule has 0 amide bonds. The Morgan fingerprint density at radius 2 is 2.27 bits per heavy atom. The number of esters is 1. The van der Waals surface area contributed by atoms with Crippen molar-refractivity contribution < 1.29 is 14.6 Å². The van der Waals surface area contributed by atoms with Crippen molar-refractivity contribution in [3.63, 3.8) is 0 Å². The summed E-state index contributed by atoms with van der Waals surface area (Å²) in [6.45, 7) is 4.04. The summed E-state index contributed by atoms with van der Waals surface area (Å²) in [6, 6.07) is 0. The summed E-state index contributed by atoms with van der Waals surface area (Å²) in [5, 5.41) is 8.99. The Kier molecular flexibility index (Phi) is 2.18. The molecule has 0 radical (unpaired) electrons. The number of hydrogen-bond acceptors (Lipinski definition) is 3. The van der Waals surface area contributed by atoms with Gasteiger partial charge in [0.2, 0.25) is 0 Å². The summed E-state index contributed by atoms with van der Waals surface area (Å²) in [4.78, 5) is 11.2. The van der Waals surface area contributed by atoms with Gasteiger partial charge >= 0.3 is 5.97 Å². The molecular weight excluding hydrogens is 144 g/mol. The van der Waals surface area contributed by atoms with Crippen molar-refractivity contribution in [3.05, 3.63) is 0 Å². The molecular formula is C8H14O3. The van der Waals surface area contributed by atoms with Gasteiger partial charge in [-0.05, 0) is 26.7 Å². The zero-order chi connectivity index (χ0) is 8.48. The van der Waals surface area contributed by atoms with Crippen LogP contribution in [0.4, 0.5) is 0 Å². The highest BCUT2D eigenvalue weighted by Crippen LogP contribution is 2.41. The molecule has 0 saturated heterocycles. The molecule has 0 aliphatic heterocycles. The molecule has 1 rings (SSSR count). The van der Waals surface area contributed by atoms with E-state index in [0.717, 1.165) is 0 Å². The Labute approximate surface area is 66.4 Å². The van der Waals surface area contributed by atoms with Crippen molar-refractivity contribution in [3.8, 4) is 0 Å². The second-order valence-electron chi connectivity index (χ2n) is 3.34. The predicted octanol–water partition coefficient (Wildman–Crippen LogP) is 0.711. The van der Waals surface area contributed by atoms with Crippen LogP contribution in [0.25, 0.3) is 0 Å². The van der Waals surface area contributed by atoms with Gasteiger partial charge in [0.1, 0.15) is 0 Å². The molecule has 0 aromatic carbocycles. The first-order chi connectivity index (χ1) is 5.08. The van der Waals surface area contributed by atoms with E-state index in [0.29, 0.717) is 19.4 Å². The maximum Gasteiger partial charge on any atom is 0.311 e. The molecule has 1 aliphatic rings. The smallest absolute Gasteiger partial charge is 0.311 e. The Morgan fingerprint density at radius 3 is 2.64 bits per heavy atom. The van der Waals surface area contributed by atoms with Crippen LogP contribution in [0.3, 0.4) is 0 Å². The zero-order valence-corrected chi connectivity index (χ0v) is 6.96. The second-order valence-corrected chi connectivity index (χ2v) is 3.34. The molecule has 1 N–H and O–H groups in total. The molecule has 0 aromatic rings. The van der Waals surface area contributed by atoms with Crippen LogP contribution < -0.4 is 0 Å². The molecule has 0 heterocycles. The van der Waals surface area contributed by atoms with E-state index in [-0.39, 0.29) is 12.1 Å². The monoisotopic (exact) mass is 158 g/mol. The lowest BCUT2D eigenvalue weighted by Gasteiger charge is -2.39. The van der Waals surface area contributed by atoms with E-state index in [9.17, 15) is 4.79 Å². The van der Waals surface area contributed by atoms with Gasteiger partial charge in [0.25, 0.3) is 0 Å². The highest BCUT2D eigenvalue weighted by molar-refractivity contribution is 5.77. The minimum Gasteiger partial charge on any atom is -0.466 e. The molecule has 0 spiro atoms. The normalized spacial score (nSPS) is 36.1. The number of aliphatic hydroxyl groups excluding tert-OH is 1. The lowest BCUT2D eigenvalue weighted by molar-refractivity contribution is -0.167. The Bertz CT molecular complexity index is 159. The van der Waals surface area contributed by atoms with Crippen molar-refractivity contribution in [2.24, 2.45) is 5.41 Å². The van der Waals surface area contributed by atoms with Gasteiger partial charge in [0, 0.05) is 0 Å². The van der Waals surface area contributed by atoms with E-state index < -0.39 is 5.41 Å². The number of rotatable bonds is 2. The van der Waals surface area contributed by atoms with Gasteiger partial charge < -0.3 is 9.84 Å². The van der Waals surface area contributed by atoms with E-state index >= 15 is 0 Å². The van der Waals surface area contributed by atoms with E-state index in [1.54, 1.807) is 6.92 Å². The van der Waals surface area contributed by atoms with Crippen LogP contribution in [0.1, 0.15) is 26.7 Å². The predicted molar refractivity (Wildman–Crippen MR) is 40.0 cm³/mol. The SMILES string of the molecule is CCOC(=O)[C@]1(C)C[C@H](O)C1. The largest absolute Gasteiger partial charge is 0.466 e. The van der Waals surface area contributed by atoms with Crippen molar-refractivity contribution in [1.29, 1.82) is 0 Å². The van der Waals surface area contributed by atoms with E-state index in [1.165, 1.54) is 0 Å². The summed E-state index contributed by atoms with van der Waals surface area (Å²) in [7, 11) is 0. The molecule has 0 bridgehead atoms. The molecule has 0 unspecified atom stereocenters. The molecule has 1 aliphatic carbocycles. The molecule has 0 atom stereocenters. The van der Waals surface area contributed by atoms with Gasteiger partial charge in [-0.3, -0.25) is 4.79 Å². The third-order valence-electron chi connectivity index (χ3n) is 2.14. The van der Waals surface area contributed by atoms with Crippen LogP contribution in [0.2, 0.25) is 0 Å². The van der Waals surface area contributed by atoms with Crippen LogP contribution in [-0.2, 0) is 9.53 Å². The number of hydrogen-bond donors (Lipinski definition) is 1. The highest BCUT2D eigenvalue weighted by Gasteiger charge is 2.46. The summed E-state index contributed by atoms with van der Waals surface area (Å²) < 4.78 is 4.85. The fraction of sp³-hybridized carbons (Fsp3) is 0.875. The van der Waals surface area contributed by atoms with E-state index in [2.05, 4.69) is 0 Å². The van der Waals surface area contributed by atoms with Crippen LogP contribution in [0.5, 0.6) is 0 Å². The van der Waals surface area contributed by atoms with Crippen LogP contribution in [0, 0.1) is 5.41 Å². The molecule has 3 heteroatoms. The van der Waals surface area contributed by atoms with Gasteiger partial charge in [-0.15, -0.1) is 0 Å². The fourth-order valence-electron chi connectivity index (χ4n) is 1.45. The van der Waals surface area contributed by atoms with Gasteiger partial charge in [-0.1, -0.05) is 0 Å². The first-order valence-corrected chi connectivity index (χ1v) is 3.94. The Balaban J connectivity index is 2.41. The first kappa shape index (κ1) is 8.53. The zero-order valence-electron chi connectivity index (χ0n) is 6.96. The van der Waals surface area contributed by atoms with Crippen LogP contribution in [0.15, 0.2) is 0 Å². The van der Waals surface area contributed by atoms with Crippen LogP contribution in [-0.4, -0.2) is 23.8 Å². The second kappa shape index (κ2) is 2.81. The van der Waals surface area contributed by atoms with Crippen molar-refractivity contribution >= 4 is 5.97 Å². The average molecular weight is 158 g/mol. The summed E-state index contributed by atoms with van der Waals surface area (Å²) in [5.74, 6) is -0.176. The van der Waals surface area contributed by atoms with Gasteiger partial charge in [-0.2, -0.15) is 0 Å². The summed E-state index contributed by atoms with van der Waals surface area (Å²) >= 11 is 0. The van der Waals surface area contributed by atoms with E-state index in [4.69, 9.17) is 9.84 Å². The third-order valence-corrected chi connectivity index (χ3v) is 2.14. The number of aliphatic hydroxyl groups is 1. The van der Waals surface area contributed by atoms with Crippen LogP contribution >= 0.6 is 0 Å². The van der Waals surface area contributed by atoms with Crippen molar-refractivity contribution in [2.75, 3.05) is 6.61 Å². The van der Waals surface area contributed by atoms with Gasteiger partial charge in [0.15, 0.2) is 0 Å². The maximum atomic E-state index is 11.2. The average Bonchev–Trinajstić information content (AvgIpc) is 1.85. The molecule has 3 nitrogen and oxygen atoms in total. The molecule has 1 saturated carbocycles. The van der Waals surface area contributed by atoms with Crippen molar-refractivity contribution in [2.45, 2.75) is 32.8 Å².